The fraction of sp³-hybridized carbons (Fsp3) is 0.607. The molecule has 1 aliphatic rings. The summed E-state index contributed by atoms with van der Waals surface area (Å²) in [7, 11) is 0. The van der Waals surface area contributed by atoms with Crippen LogP contribution in [0.1, 0.15) is 90.8 Å². The number of ether oxygens (including phenoxy) is 1. The summed E-state index contributed by atoms with van der Waals surface area (Å²) in [4.78, 5) is 41.7. The zero-order valence-electron chi connectivity index (χ0n) is 22.2. The highest BCUT2D eigenvalue weighted by atomic mass is 16.6. The molecule has 0 aromatic heterocycles. The van der Waals surface area contributed by atoms with Gasteiger partial charge in [0.25, 0.3) is 0 Å². The molecule has 2 atom stereocenters. The largest absolute Gasteiger partial charge is 0.444 e. The van der Waals surface area contributed by atoms with E-state index in [1.807, 2.05) is 38.1 Å². The second kappa shape index (κ2) is 12.8. The average molecular weight is 486 g/mol. The Morgan fingerprint density at radius 3 is 2.43 bits per heavy atom. The van der Waals surface area contributed by atoms with Gasteiger partial charge in [-0.05, 0) is 63.1 Å². The molecule has 0 spiro atoms. The second-order valence-corrected chi connectivity index (χ2v) is 10.6. The zero-order chi connectivity index (χ0) is 26.2. The molecule has 1 aliphatic carbocycles. The molecule has 35 heavy (non-hydrogen) atoms. The minimum atomic E-state index is -0.816. The van der Waals surface area contributed by atoms with Crippen LogP contribution in [-0.4, -0.2) is 47.0 Å². The summed E-state index contributed by atoms with van der Waals surface area (Å²) in [5, 5.41) is 5.80. The van der Waals surface area contributed by atoms with Crippen LogP contribution >= 0.6 is 0 Å². The van der Waals surface area contributed by atoms with Crippen molar-refractivity contribution in [1.82, 2.24) is 15.5 Å². The summed E-state index contributed by atoms with van der Waals surface area (Å²) < 4.78 is 5.41. The Morgan fingerprint density at radius 2 is 1.89 bits per heavy atom. The molecule has 0 heterocycles. The van der Waals surface area contributed by atoms with Crippen LogP contribution in [0.15, 0.2) is 30.8 Å². The van der Waals surface area contributed by atoms with Crippen molar-refractivity contribution in [3.05, 3.63) is 42.0 Å². The lowest BCUT2D eigenvalue weighted by Gasteiger charge is -2.36. The molecule has 194 valence electrons. The number of alkyl carbamates (subject to hydrolysis) is 1. The molecule has 7 nitrogen and oxygen atoms in total. The predicted octanol–water partition coefficient (Wildman–Crippen LogP) is 5.22. The minimum absolute atomic E-state index is 0.0528. The molecule has 2 N–H and O–H groups in total. The Bertz CT molecular complexity index is 886. The summed E-state index contributed by atoms with van der Waals surface area (Å²) in [5.41, 5.74) is 0.925. The molecule has 2 rings (SSSR count). The fourth-order valence-corrected chi connectivity index (χ4v) is 3.96. The van der Waals surface area contributed by atoms with Crippen LogP contribution in [0.25, 0.3) is 6.08 Å². The predicted molar refractivity (Wildman–Crippen MR) is 140 cm³/mol. The number of unbranched alkanes of at least 4 members (excludes halogenated alkanes) is 2. The molecule has 3 amide bonds. The molecule has 1 fully saturated rings. The van der Waals surface area contributed by atoms with E-state index in [1.165, 1.54) is 0 Å². The molecule has 0 saturated heterocycles. The molecule has 2 unspecified atom stereocenters. The van der Waals surface area contributed by atoms with Gasteiger partial charge in [-0.2, -0.15) is 0 Å². The van der Waals surface area contributed by atoms with E-state index in [1.54, 1.807) is 31.7 Å². The smallest absolute Gasteiger partial charge is 0.408 e. The molecule has 0 radical (unpaired) electrons. The summed E-state index contributed by atoms with van der Waals surface area (Å²) in [6.45, 7) is 15.6. The molecule has 0 aliphatic heterocycles. The number of hydrogen-bond donors (Lipinski definition) is 2. The first-order valence-electron chi connectivity index (χ1n) is 12.8. The van der Waals surface area contributed by atoms with Gasteiger partial charge in [0, 0.05) is 12.6 Å². The Labute approximate surface area is 210 Å². The van der Waals surface area contributed by atoms with E-state index in [9.17, 15) is 14.4 Å². The van der Waals surface area contributed by atoms with E-state index < -0.39 is 23.8 Å². The number of carbonyl (C=O) groups is 3. The van der Waals surface area contributed by atoms with Gasteiger partial charge in [0.1, 0.15) is 17.7 Å². The molecule has 0 bridgehead atoms. The van der Waals surface area contributed by atoms with Gasteiger partial charge in [-0.15, -0.1) is 0 Å². The van der Waals surface area contributed by atoms with E-state index in [4.69, 9.17) is 4.74 Å². The third-order valence-corrected chi connectivity index (χ3v) is 5.87. The van der Waals surface area contributed by atoms with Crippen LogP contribution in [0.3, 0.4) is 0 Å². The third kappa shape index (κ3) is 8.71. The second-order valence-electron chi connectivity index (χ2n) is 10.6. The highest BCUT2D eigenvalue weighted by Crippen LogP contribution is 2.36. The topological polar surface area (TPSA) is 87.7 Å². The van der Waals surface area contributed by atoms with Crippen LogP contribution in [0.4, 0.5) is 4.79 Å². The number of rotatable bonds is 12. The molecule has 7 heteroatoms. The molecule has 1 aromatic carbocycles. The van der Waals surface area contributed by atoms with Crippen LogP contribution < -0.4 is 10.6 Å². The zero-order valence-corrected chi connectivity index (χ0v) is 22.2. The quantitative estimate of drug-likeness (QED) is 0.398. The van der Waals surface area contributed by atoms with E-state index >= 15 is 0 Å². The lowest BCUT2D eigenvalue weighted by atomic mass is 9.97. The van der Waals surface area contributed by atoms with Crippen molar-refractivity contribution in [2.75, 3.05) is 6.54 Å². The number of nitrogens with one attached hydrogen (secondary N) is 2. The van der Waals surface area contributed by atoms with Crippen LogP contribution in [-0.2, 0) is 14.3 Å². The fourth-order valence-electron chi connectivity index (χ4n) is 3.96. The first kappa shape index (κ1) is 28.4. The van der Waals surface area contributed by atoms with E-state index in [0.717, 1.165) is 43.2 Å². The first-order valence-corrected chi connectivity index (χ1v) is 12.8. The summed E-state index contributed by atoms with van der Waals surface area (Å²) in [6.07, 6.45) is 5.69. The Kier molecular flexibility index (Phi) is 10.3. The van der Waals surface area contributed by atoms with Gasteiger partial charge in [-0.1, -0.05) is 64.5 Å². The molecule has 1 saturated carbocycles. The number of carbonyl (C=O) groups excluding carboxylic acids is 3. The van der Waals surface area contributed by atoms with Crippen LogP contribution in [0.2, 0.25) is 0 Å². The van der Waals surface area contributed by atoms with Crippen molar-refractivity contribution in [3.63, 3.8) is 0 Å². The Morgan fingerprint density at radius 1 is 1.20 bits per heavy atom. The van der Waals surface area contributed by atoms with Gasteiger partial charge in [0.15, 0.2) is 0 Å². The number of hydrogen-bond acceptors (Lipinski definition) is 4. The van der Waals surface area contributed by atoms with Gasteiger partial charge in [-0.25, -0.2) is 4.79 Å². The van der Waals surface area contributed by atoms with Gasteiger partial charge in [-0.3, -0.25) is 9.59 Å². The maximum Gasteiger partial charge on any atom is 0.408 e. The van der Waals surface area contributed by atoms with Crippen molar-refractivity contribution in [3.8, 4) is 0 Å². The van der Waals surface area contributed by atoms with Crippen molar-refractivity contribution >= 4 is 24.0 Å². The van der Waals surface area contributed by atoms with Crippen molar-refractivity contribution < 1.29 is 19.1 Å². The molecule has 1 aromatic rings. The monoisotopic (exact) mass is 485 g/mol. The van der Waals surface area contributed by atoms with Crippen LogP contribution in [0, 0.1) is 5.92 Å². The maximum atomic E-state index is 14.0. The lowest BCUT2D eigenvalue weighted by Crippen LogP contribution is -2.55. The van der Waals surface area contributed by atoms with Crippen LogP contribution in [0.5, 0.6) is 0 Å². The Balaban J connectivity index is 2.40. The van der Waals surface area contributed by atoms with Crippen molar-refractivity contribution in [2.45, 2.75) is 97.4 Å². The standard InChI is InChI=1S/C28H43N3O4/c1-8-10-11-17-29-25(32)24(21-14-12-13-20(9-2)18-21)31(22-15-16-22)26(33)23(19(3)4)30-27(34)35-28(5,6)7/h9,12-14,18-19,22-24H,2,8,10-11,15-17H2,1,3-7H3,(H,29,32)(H,30,34). The van der Waals surface area contributed by atoms with Crippen molar-refractivity contribution in [2.24, 2.45) is 5.92 Å². The highest BCUT2D eigenvalue weighted by molar-refractivity contribution is 5.92. The Hall–Kier alpha value is -2.83. The van der Waals surface area contributed by atoms with Crippen molar-refractivity contribution in [1.29, 1.82) is 0 Å². The van der Waals surface area contributed by atoms with E-state index in [-0.39, 0.29) is 23.8 Å². The third-order valence-electron chi connectivity index (χ3n) is 5.87. The first-order chi connectivity index (χ1) is 16.5. The number of benzene rings is 1. The lowest BCUT2D eigenvalue weighted by molar-refractivity contribution is -0.144. The molecular formula is C28H43N3O4. The van der Waals surface area contributed by atoms with Gasteiger partial charge in [0.2, 0.25) is 11.8 Å². The van der Waals surface area contributed by atoms with Gasteiger partial charge in [0.05, 0.1) is 0 Å². The average Bonchev–Trinajstić information content (AvgIpc) is 3.61. The van der Waals surface area contributed by atoms with E-state index in [0.29, 0.717) is 6.54 Å². The summed E-state index contributed by atoms with van der Waals surface area (Å²) in [6, 6.07) is 5.90. The van der Waals surface area contributed by atoms with Gasteiger partial charge < -0.3 is 20.3 Å². The number of amides is 3. The normalized spacial score (nSPS) is 15.2. The maximum absolute atomic E-state index is 14.0. The number of nitrogens with zero attached hydrogens (tertiary/aromatic N) is 1. The van der Waals surface area contributed by atoms with E-state index in [2.05, 4.69) is 24.1 Å². The SMILES string of the molecule is C=Cc1cccc(C(C(=O)NCCCCC)N(C(=O)C(NC(=O)OC(C)(C)C)C(C)C)C2CC2)c1. The van der Waals surface area contributed by atoms with Gasteiger partial charge >= 0.3 is 6.09 Å². The highest BCUT2D eigenvalue weighted by Gasteiger charge is 2.44. The minimum Gasteiger partial charge on any atom is -0.444 e. The summed E-state index contributed by atoms with van der Waals surface area (Å²) >= 11 is 0. The summed E-state index contributed by atoms with van der Waals surface area (Å²) in [5.74, 6) is -0.669. The molecular weight excluding hydrogens is 442 g/mol.